The lowest BCUT2D eigenvalue weighted by Gasteiger charge is -2.33. The van der Waals surface area contributed by atoms with E-state index in [1.807, 2.05) is 48.7 Å². The maximum absolute atomic E-state index is 12.6. The smallest absolute Gasteiger partial charge is 0.415 e. The number of aromatic amines is 1. The van der Waals surface area contributed by atoms with Gasteiger partial charge in [0.2, 0.25) is 5.88 Å². The van der Waals surface area contributed by atoms with Crippen LogP contribution in [0.4, 0.5) is 4.79 Å². The van der Waals surface area contributed by atoms with Crippen LogP contribution >= 0.6 is 11.8 Å². The third kappa shape index (κ3) is 6.26. The summed E-state index contributed by atoms with van der Waals surface area (Å²) < 4.78 is 11.2. The molecule has 3 heterocycles. The molecule has 0 bridgehead atoms. The number of carbonyl (C=O) groups excluding carboxylic acids is 1. The third-order valence-corrected chi connectivity index (χ3v) is 6.84. The van der Waals surface area contributed by atoms with Gasteiger partial charge in [0, 0.05) is 49.4 Å². The van der Waals surface area contributed by atoms with Gasteiger partial charge in [0.25, 0.3) is 0 Å². The van der Waals surface area contributed by atoms with E-state index in [0.717, 1.165) is 43.1 Å². The molecule has 3 aromatic rings. The van der Waals surface area contributed by atoms with E-state index in [-0.39, 0.29) is 6.09 Å². The average Bonchev–Trinajstić information content (AvgIpc) is 3.34. The minimum absolute atomic E-state index is 0.277. The van der Waals surface area contributed by atoms with Crippen molar-refractivity contribution in [1.82, 2.24) is 19.9 Å². The Labute approximate surface area is 192 Å². The summed E-state index contributed by atoms with van der Waals surface area (Å²) in [5.74, 6) is 1.74. The first-order chi connectivity index (χ1) is 15.7. The Morgan fingerprint density at radius 3 is 2.66 bits per heavy atom. The number of likely N-dealkylation sites (tertiary alicyclic amines) is 1. The number of piperidine rings is 1. The second-order valence-electron chi connectivity index (χ2n) is 7.82. The molecule has 1 saturated heterocycles. The quantitative estimate of drug-likeness (QED) is 0.494. The molecule has 7 nitrogen and oxygen atoms in total. The van der Waals surface area contributed by atoms with Crippen molar-refractivity contribution in [2.24, 2.45) is 5.92 Å². The lowest BCUT2D eigenvalue weighted by molar-refractivity contribution is 0.131. The summed E-state index contributed by atoms with van der Waals surface area (Å²) in [5, 5.41) is 1.40. The standard InChI is InChI=1S/C24H28N4O3S/c1-18(32-23-26-13-14-27-23)20-9-15-28(16-10-20)24(29)31-21-7-5-19(6-8-21)11-17-30-22-4-2-3-12-25-22/h2-8,12-14,18,20H,9-11,15-17H2,1H3,(H,26,27). The first-order valence-electron chi connectivity index (χ1n) is 10.9. The molecule has 1 aliphatic heterocycles. The number of nitrogens with one attached hydrogen (secondary N) is 1. The lowest BCUT2D eigenvalue weighted by atomic mass is 9.94. The number of nitrogens with zero attached hydrogens (tertiary/aromatic N) is 3. The van der Waals surface area contributed by atoms with Crippen LogP contribution in [0.1, 0.15) is 25.3 Å². The van der Waals surface area contributed by atoms with Crippen molar-refractivity contribution in [1.29, 1.82) is 0 Å². The molecule has 1 fully saturated rings. The van der Waals surface area contributed by atoms with Crippen molar-refractivity contribution < 1.29 is 14.3 Å². The molecule has 0 spiro atoms. The Morgan fingerprint density at radius 2 is 1.97 bits per heavy atom. The van der Waals surface area contributed by atoms with E-state index < -0.39 is 0 Å². The van der Waals surface area contributed by atoms with Crippen molar-refractivity contribution >= 4 is 17.9 Å². The first kappa shape index (κ1) is 22.2. The topological polar surface area (TPSA) is 80.3 Å². The molecule has 1 atom stereocenters. The van der Waals surface area contributed by atoms with Crippen molar-refractivity contribution in [3.05, 3.63) is 66.6 Å². The molecule has 1 N–H and O–H groups in total. The predicted octanol–water partition coefficient (Wildman–Crippen LogP) is 4.82. The van der Waals surface area contributed by atoms with Gasteiger partial charge >= 0.3 is 6.09 Å². The normalized spacial score (nSPS) is 15.3. The van der Waals surface area contributed by atoms with Crippen LogP contribution < -0.4 is 9.47 Å². The molecular weight excluding hydrogens is 424 g/mol. The van der Waals surface area contributed by atoms with Gasteiger partial charge in [0.15, 0.2) is 5.16 Å². The van der Waals surface area contributed by atoms with Gasteiger partial charge in [-0.2, -0.15) is 0 Å². The largest absolute Gasteiger partial charge is 0.477 e. The Balaban J connectivity index is 1.18. The van der Waals surface area contributed by atoms with Crippen LogP contribution in [0.25, 0.3) is 0 Å². The third-order valence-electron chi connectivity index (χ3n) is 5.64. The van der Waals surface area contributed by atoms with E-state index in [1.165, 1.54) is 0 Å². The molecule has 168 valence electrons. The maximum Gasteiger partial charge on any atom is 0.415 e. The number of rotatable bonds is 8. The van der Waals surface area contributed by atoms with Crippen LogP contribution in [0.2, 0.25) is 0 Å². The Kier molecular flexibility index (Phi) is 7.66. The predicted molar refractivity (Wildman–Crippen MR) is 124 cm³/mol. The number of hydrogen-bond acceptors (Lipinski definition) is 6. The molecule has 1 amide bonds. The number of imidazole rings is 1. The average molecular weight is 453 g/mol. The van der Waals surface area contributed by atoms with E-state index in [0.29, 0.717) is 29.4 Å². The molecule has 0 saturated carbocycles. The van der Waals surface area contributed by atoms with E-state index >= 15 is 0 Å². The number of pyridine rings is 1. The minimum atomic E-state index is -0.277. The fourth-order valence-electron chi connectivity index (χ4n) is 3.73. The monoisotopic (exact) mass is 452 g/mol. The van der Waals surface area contributed by atoms with Crippen LogP contribution in [0.3, 0.4) is 0 Å². The van der Waals surface area contributed by atoms with Crippen molar-refractivity contribution in [2.45, 2.75) is 36.6 Å². The maximum atomic E-state index is 12.6. The highest BCUT2D eigenvalue weighted by molar-refractivity contribution is 7.99. The Hall–Kier alpha value is -3.00. The summed E-state index contributed by atoms with van der Waals surface area (Å²) in [6.45, 7) is 4.21. The molecule has 32 heavy (non-hydrogen) atoms. The highest BCUT2D eigenvalue weighted by Crippen LogP contribution is 2.31. The highest BCUT2D eigenvalue weighted by Gasteiger charge is 2.28. The zero-order chi connectivity index (χ0) is 22.2. The van der Waals surface area contributed by atoms with Gasteiger partial charge < -0.3 is 19.4 Å². The van der Waals surface area contributed by atoms with Crippen LogP contribution in [-0.4, -0.2) is 50.9 Å². The summed E-state index contributed by atoms with van der Waals surface area (Å²) >= 11 is 1.76. The van der Waals surface area contributed by atoms with E-state index in [2.05, 4.69) is 21.9 Å². The zero-order valence-electron chi connectivity index (χ0n) is 18.1. The lowest BCUT2D eigenvalue weighted by Crippen LogP contribution is -2.41. The summed E-state index contributed by atoms with van der Waals surface area (Å²) in [6, 6.07) is 13.2. The van der Waals surface area contributed by atoms with Crippen LogP contribution in [-0.2, 0) is 6.42 Å². The van der Waals surface area contributed by atoms with Gasteiger partial charge in [-0.3, -0.25) is 0 Å². The zero-order valence-corrected chi connectivity index (χ0v) is 19.0. The second-order valence-corrected chi connectivity index (χ2v) is 9.19. The first-order valence-corrected chi connectivity index (χ1v) is 11.8. The summed E-state index contributed by atoms with van der Waals surface area (Å²) in [4.78, 5) is 25.9. The number of thioether (sulfide) groups is 1. The van der Waals surface area contributed by atoms with Crippen molar-refractivity contribution in [3.8, 4) is 11.6 Å². The van der Waals surface area contributed by atoms with Gasteiger partial charge in [-0.05, 0) is 42.5 Å². The summed E-state index contributed by atoms with van der Waals surface area (Å²) in [6.07, 6.45) is 7.75. The van der Waals surface area contributed by atoms with Gasteiger partial charge in [-0.15, -0.1) is 0 Å². The highest BCUT2D eigenvalue weighted by atomic mass is 32.2. The molecule has 0 aliphatic carbocycles. The van der Waals surface area contributed by atoms with Crippen LogP contribution in [0.5, 0.6) is 11.6 Å². The summed E-state index contributed by atoms with van der Waals surface area (Å²) in [5.41, 5.74) is 1.12. The molecular formula is C24H28N4O3S. The molecule has 4 rings (SSSR count). The number of ether oxygens (including phenoxy) is 2. The molecule has 0 radical (unpaired) electrons. The van der Waals surface area contributed by atoms with E-state index in [9.17, 15) is 4.79 Å². The van der Waals surface area contributed by atoms with Crippen LogP contribution in [0, 0.1) is 5.92 Å². The fourth-order valence-corrected chi connectivity index (χ4v) is 4.81. The second kappa shape index (κ2) is 11.0. The van der Waals surface area contributed by atoms with Gasteiger partial charge in [-0.25, -0.2) is 14.8 Å². The van der Waals surface area contributed by atoms with Crippen LogP contribution in [0.15, 0.2) is 66.2 Å². The molecule has 8 heteroatoms. The molecule has 1 aromatic carbocycles. The fraction of sp³-hybridized carbons (Fsp3) is 0.375. The van der Waals surface area contributed by atoms with Crippen molar-refractivity contribution in [2.75, 3.05) is 19.7 Å². The minimum Gasteiger partial charge on any atom is -0.477 e. The van der Waals surface area contributed by atoms with E-state index in [4.69, 9.17) is 9.47 Å². The number of carbonyl (C=O) groups is 1. The van der Waals surface area contributed by atoms with E-state index in [1.54, 1.807) is 29.1 Å². The van der Waals surface area contributed by atoms with Gasteiger partial charge in [0.1, 0.15) is 5.75 Å². The number of H-pyrrole nitrogens is 1. The van der Waals surface area contributed by atoms with Crippen molar-refractivity contribution in [3.63, 3.8) is 0 Å². The SMILES string of the molecule is CC(Sc1ncc[nH]1)C1CCN(C(=O)Oc2ccc(CCOc3ccccn3)cc2)CC1. The molecule has 1 aliphatic rings. The van der Waals surface area contributed by atoms with Gasteiger partial charge in [-0.1, -0.05) is 36.9 Å². The molecule has 1 unspecified atom stereocenters. The Bertz CT molecular complexity index is 959. The Morgan fingerprint density at radius 1 is 1.16 bits per heavy atom. The number of benzene rings is 1. The molecule has 2 aromatic heterocycles. The number of hydrogen-bond donors (Lipinski definition) is 1. The summed E-state index contributed by atoms with van der Waals surface area (Å²) in [7, 11) is 0. The van der Waals surface area contributed by atoms with Gasteiger partial charge in [0.05, 0.1) is 6.61 Å². The number of aromatic nitrogens is 3. The number of amides is 1.